The molecule has 1 saturated carbocycles. The third-order valence-electron chi connectivity index (χ3n) is 3.96. The molecule has 0 spiro atoms. The molecule has 0 bridgehead atoms. The van der Waals surface area contributed by atoms with Gasteiger partial charge in [0.2, 0.25) is 0 Å². The fourth-order valence-electron chi connectivity index (χ4n) is 2.42. The largest absolute Gasteiger partial charge is 0.469 e. The topological polar surface area (TPSA) is 76.2 Å². The van der Waals surface area contributed by atoms with Crippen molar-refractivity contribution in [3.63, 3.8) is 0 Å². The van der Waals surface area contributed by atoms with E-state index in [1.807, 2.05) is 0 Å². The maximum absolute atomic E-state index is 12.7. The second-order valence-corrected chi connectivity index (χ2v) is 7.67. The van der Waals surface area contributed by atoms with Crippen LogP contribution >= 0.6 is 0 Å². The number of hydrogen-bond donors (Lipinski definition) is 0. The van der Waals surface area contributed by atoms with Crippen LogP contribution in [-0.2, 0) is 24.5 Å². The third kappa shape index (κ3) is 4.38. The zero-order valence-electron chi connectivity index (χ0n) is 12.7. The van der Waals surface area contributed by atoms with Gasteiger partial charge in [0, 0.05) is 32.8 Å². The van der Waals surface area contributed by atoms with Gasteiger partial charge in [0.25, 0.3) is 10.2 Å². The van der Waals surface area contributed by atoms with Crippen molar-refractivity contribution in [3.8, 4) is 0 Å². The van der Waals surface area contributed by atoms with Gasteiger partial charge in [0.1, 0.15) is 0 Å². The molecule has 0 aromatic rings. The highest BCUT2D eigenvalue weighted by atomic mass is 32.2. The number of methoxy groups -OCH3 is 1. The number of ether oxygens (including phenoxy) is 2. The predicted molar refractivity (Wildman–Crippen MR) is 76.8 cm³/mol. The van der Waals surface area contributed by atoms with Crippen LogP contribution in [0.25, 0.3) is 0 Å². The van der Waals surface area contributed by atoms with Crippen LogP contribution in [0.3, 0.4) is 0 Å². The van der Waals surface area contributed by atoms with Gasteiger partial charge in [-0.25, -0.2) is 0 Å². The number of nitrogens with zero attached hydrogens (tertiary/aromatic N) is 2. The first-order valence-electron chi connectivity index (χ1n) is 7.32. The van der Waals surface area contributed by atoms with Crippen LogP contribution in [0.5, 0.6) is 0 Å². The Balaban J connectivity index is 1.97. The Hall–Kier alpha value is -0.700. The minimum absolute atomic E-state index is 0.0667. The van der Waals surface area contributed by atoms with Crippen LogP contribution in [-0.4, -0.2) is 69.5 Å². The summed E-state index contributed by atoms with van der Waals surface area (Å²) in [5.74, 6) is -0.131. The van der Waals surface area contributed by atoms with E-state index >= 15 is 0 Å². The second kappa shape index (κ2) is 7.04. The summed E-state index contributed by atoms with van der Waals surface area (Å²) < 4.78 is 38.0. The maximum atomic E-state index is 12.7. The van der Waals surface area contributed by atoms with Crippen LogP contribution in [0.4, 0.5) is 0 Å². The van der Waals surface area contributed by atoms with Gasteiger partial charge in [-0.05, 0) is 25.2 Å². The average Bonchev–Trinajstić information content (AvgIpc) is 3.17. The van der Waals surface area contributed by atoms with Gasteiger partial charge in [-0.15, -0.1) is 0 Å². The first-order valence-corrected chi connectivity index (χ1v) is 8.72. The lowest BCUT2D eigenvalue weighted by atomic mass is 10.1. The first kappa shape index (κ1) is 16.7. The molecule has 0 amide bonds. The highest BCUT2D eigenvalue weighted by molar-refractivity contribution is 7.86. The molecular weight excluding hydrogens is 296 g/mol. The van der Waals surface area contributed by atoms with E-state index < -0.39 is 16.2 Å². The van der Waals surface area contributed by atoms with E-state index in [2.05, 4.69) is 4.74 Å². The number of rotatable bonds is 8. The standard InChI is InChI=1S/C13H24N2O5S/c1-14(7-5-13(16)19-2)21(17,18)15(12-3-4-12)9-11-6-8-20-10-11/h11-12H,3-10H2,1-2H3. The van der Waals surface area contributed by atoms with Crippen molar-refractivity contribution >= 4 is 16.2 Å². The molecule has 0 N–H and O–H groups in total. The van der Waals surface area contributed by atoms with Crippen molar-refractivity contribution in [2.75, 3.05) is 40.5 Å². The van der Waals surface area contributed by atoms with E-state index in [0.29, 0.717) is 19.8 Å². The monoisotopic (exact) mass is 320 g/mol. The summed E-state index contributed by atoms with van der Waals surface area (Å²) in [5, 5.41) is 0. The predicted octanol–water partition coefficient (Wildman–Crippen LogP) is 0.227. The minimum atomic E-state index is -3.53. The van der Waals surface area contributed by atoms with Crippen molar-refractivity contribution in [2.24, 2.45) is 5.92 Å². The van der Waals surface area contributed by atoms with E-state index in [9.17, 15) is 13.2 Å². The molecule has 0 aromatic carbocycles. The van der Waals surface area contributed by atoms with Crippen LogP contribution in [0, 0.1) is 5.92 Å². The van der Waals surface area contributed by atoms with Gasteiger partial charge < -0.3 is 9.47 Å². The Morgan fingerprint density at radius 3 is 2.57 bits per heavy atom. The van der Waals surface area contributed by atoms with Gasteiger partial charge in [-0.1, -0.05) is 0 Å². The molecule has 1 aliphatic heterocycles. The lowest BCUT2D eigenvalue weighted by molar-refractivity contribution is -0.140. The van der Waals surface area contributed by atoms with Crippen molar-refractivity contribution in [1.29, 1.82) is 0 Å². The normalized spacial score (nSPS) is 23.0. The van der Waals surface area contributed by atoms with Crippen molar-refractivity contribution < 1.29 is 22.7 Å². The van der Waals surface area contributed by atoms with Crippen molar-refractivity contribution in [2.45, 2.75) is 31.7 Å². The summed E-state index contributed by atoms with van der Waals surface area (Å²) in [6, 6.07) is 0.108. The number of carbonyl (C=O) groups is 1. The Morgan fingerprint density at radius 2 is 2.05 bits per heavy atom. The molecule has 2 fully saturated rings. The second-order valence-electron chi connectivity index (χ2n) is 5.69. The van der Waals surface area contributed by atoms with E-state index in [0.717, 1.165) is 19.3 Å². The fraction of sp³-hybridized carbons (Fsp3) is 0.923. The highest BCUT2D eigenvalue weighted by Crippen LogP contribution is 2.32. The van der Waals surface area contributed by atoms with E-state index in [4.69, 9.17) is 4.74 Å². The summed E-state index contributed by atoms with van der Waals surface area (Å²) in [7, 11) is -0.714. The van der Waals surface area contributed by atoms with Crippen molar-refractivity contribution in [3.05, 3.63) is 0 Å². The molecule has 1 saturated heterocycles. The van der Waals surface area contributed by atoms with Gasteiger partial charge in [0.05, 0.1) is 20.1 Å². The van der Waals surface area contributed by atoms with Gasteiger partial charge >= 0.3 is 5.97 Å². The third-order valence-corrected chi connectivity index (χ3v) is 5.98. The number of esters is 1. The zero-order valence-corrected chi connectivity index (χ0v) is 13.5. The van der Waals surface area contributed by atoms with Crippen LogP contribution in [0.1, 0.15) is 25.7 Å². The lowest BCUT2D eigenvalue weighted by Gasteiger charge is -2.29. The summed E-state index contributed by atoms with van der Waals surface area (Å²) in [4.78, 5) is 11.2. The van der Waals surface area contributed by atoms with Crippen LogP contribution in [0.2, 0.25) is 0 Å². The molecule has 2 aliphatic rings. The SMILES string of the molecule is COC(=O)CCN(C)S(=O)(=O)N(CC1CCOC1)C1CC1. The summed E-state index contributed by atoms with van der Waals surface area (Å²) in [6.07, 6.45) is 2.80. The molecule has 1 unspecified atom stereocenters. The Kier molecular flexibility index (Phi) is 5.59. The quantitative estimate of drug-likeness (QED) is 0.598. The Bertz CT molecular complexity index is 457. The molecule has 8 heteroatoms. The summed E-state index contributed by atoms with van der Waals surface area (Å²) in [6.45, 7) is 1.99. The molecule has 122 valence electrons. The highest BCUT2D eigenvalue weighted by Gasteiger charge is 2.40. The summed E-state index contributed by atoms with van der Waals surface area (Å²) in [5.41, 5.74) is 0. The maximum Gasteiger partial charge on any atom is 0.306 e. The van der Waals surface area contributed by atoms with Gasteiger partial charge in [0.15, 0.2) is 0 Å². The Morgan fingerprint density at radius 1 is 1.33 bits per heavy atom. The van der Waals surface area contributed by atoms with Crippen LogP contribution in [0.15, 0.2) is 0 Å². The molecular formula is C13H24N2O5S. The number of hydrogen-bond acceptors (Lipinski definition) is 5. The minimum Gasteiger partial charge on any atom is -0.469 e. The molecule has 21 heavy (non-hydrogen) atoms. The first-order chi connectivity index (χ1) is 9.95. The van der Waals surface area contributed by atoms with Crippen molar-refractivity contribution in [1.82, 2.24) is 8.61 Å². The van der Waals surface area contributed by atoms with E-state index in [-0.39, 0.29) is 24.9 Å². The summed E-state index contributed by atoms with van der Waals surface area (Å²) >= 11 is 0. The van der Waals surface area contributed by atoms with Crippen LogP contribution < -0.4 is 0 Å². The Labute approximate surface area is 126 Å². The lowest BCUT2D eigenvalue weighted by Crippen LogP contribution is -2.46. The van der Waals surface area contributed by atoms with E-state index in [1.54, 1.807) is 4.31 Å². The van der Waals surface area contributed by atoms with E-state index in [1.165, 1.54) is 18.5 Å². The zero-order chi connectivity index (χ0) is 15.5. The van der Waals surface area contributed by atoms with Gasteiger partial charge in [-0.3, -0.25) is 4.79 Å². The molecule has 1 atom stereocenters. The average molecular weight is 320 g/mol. The van der Waals surface area contributed by atoms with Gasteiger partial charge in [-0.2, -0.15) is 17.0 Å². The molecule has 2 rings (SSSR count). The molecule has 0 radical (unpaired) electrons. The number of carbonyl (C=O) groups excluding carboxylic acids is 1. The fourth-order valence-corrected chi connectivity index (χ4v) is 4.09. The molecule has 1 aliphatic carbocycles. The smallest absolute Gasteiger partial charge is 0.306 e. The molecule has 0 aromatic heterocycles. The molecule has 1 heterocycles. The molecule has 7 nitrogen and oxygen atoms in total.